The number of nitrogens with zero attached hydrogens (tertiary/aromatic N) is 1. The molecule has 0 N–H and O–H groups in total. The summed E-state index contributed by atoms with van der Waals surface area (Å²) in [5.74, 6) is -0.686. The Kier molecular flexibility index (Phi) is 6.35. The van der Waals surface area contributed by atoms with Gasteiger partial charge < -0.3 is 13.9 Å². The van der Waals surface area contributed by atoms with E-state index in [0.29, 0.717) is 5.02 Å². The summed E-state index contributed by atoms with van der Waals surface area (Å²) in [6.07, 6.45) is 0. The van der Waals surface area contributed by atoms with Crippen molar-refractivity contribution in [1.82, 2.24) is 0 Å². The van der Waals surface area contributed by atoms with Crippen LogP contribution >= 0.6 is 19.2 Å². The maximum Gasteiger partial charge on any atom is 0.357 e. The average Bonchev–Trinajstić information content (AvgIpc) is 2.73. The zero-order valence-corrected chi connectivity index (χ0v) is 16.8. The lowest BCUT2D eigenvalue weighted by atomic mass is 10.1. The van der Waals surface area contributed by atoms with Gasteiger partial charge in [-0.3, -0.25) is 4.57 Å². The Hall–Kier alpha value is -2.10. The summed E-state index contributed by atoms with van der Waals surface area (Å²) < 4.78 is 24.4. The van der Waals surface area contributed by atoms with Gasteiger partial charge in [-0.05, 0) is 42.0 Å². The molecule has 27 heavy (non-hydrogen) atoms. The molecule has 0 radical (unpaired) electrons. The Morgan fingerprint density at radius 3 is 1.63 bits per heavy atom. The highest BCUT2D eigenvalue weighted by Gasteiger charge is 2.41. The summed E-state index contributed by atoms with van der Waals surface area (Å²) in [5.41, 5.74) is 2.52. The van der Waals surface area contributed by atoms with Crippen molar-refractivity contribution in [3.05, 3.63) is 95.5 Å². The van der Waals surface area contributed by atoms with Gasteiger partial charge in [0.15, 0.2) is 5.78 Å². The predicted octanol–water partition coefficient (Wildman–Crippen LogP) is 6.66. The number of benzene rings is 3. The molecule has 4 nitrogen and oxygen atoms in total. The van der Waals surface area contributed by atoms with Crippen molar-refractivity contribution in [1.29, 1.82) is 0 Å². The number of para-hydroxylation sites is 2. The van der Waals surface area contributed by atoms with E-state index in [0.717, 1.165) is 16.9 Å². The van der Waals surface area contributed by atoms with Crippen molar-refractivity contribution >= 4 is 30.6 Å². The predicted molar refractivity (Wildman–Crippen MR) is 111 cm³/mol. The van der Waals surface area contributed by atoms with Gasteiger partial charge in [-0.25, -0.2) is 0 Å². The summed E-state index contributed by atoms with van der Waals surface area (Å²) in [5, 5.41) is 0.605. The van der Waals surface area contributed by atoms with Crippen LogP contribution in [-0.4, -0.2) is 14.2 Å². The maximum atomic E-state index is 13.6. The highest BCUT2D eigenvalue weighted by atomic mass is 35.5. The van der Waals surface area contributed by atoms with E-state index in [9.17, 15) is 4.57 Å². The van der Waals surface area contributed by atoms with E-state index in [1.165, 1.54) is 14.2 Å². The van der Waals surface area contributed by atoms with Crippen LogP contribution in [0.2, 0.25) is 5.02 Å². The third-order valence-electron chi connectivity index (χ3n) is 4.29. The second-order valence-electron chi connectivity index (χ2n) is 5.87. The first-order valence-electron chi connectivity index (χ1n) is 8.45. The molecule has 0 spiro atoms. The van der Waals surface area contributed by atoms with Crippen LogP contribution < -0.4 is 4.90 Å². The fourth-order valence-electron chi connectivity index (χ4n) is 2.99. The molecule has 140 valence electrons. The molecule has 1 atom stereocenters. The highest BCUT2D eigenvalue weighted by Crippen LogP contribution is 2.63. The van der Waals surface area contributed by atoms with E-state index in [2.05, 4.69) is 0 Å². The summed E-state index contributed by atoms with van der Waals surface area (Å²) in [6.45, 7) is 0. The van der Waals surface area contributed by atoms with Crippen LogP contribution in [0.3, 0.4) is 0 Å². The molecular weight excluding hydrogens is 381 g/mol. The van der Waals surface area contributed by atoms with E-state index in [1.54, 1.807) is 12.1 Å². The van der Waals surface area contributed by atoms with Crippen LogP contribution in [0.5, 0.6) is 0 Å². The van der Waals surface area contributed by atoms with Crippen molar-refractivity contribution < 1.29 is 13.6 Å². The Labute approximate surface area is 164 Å². The number of anilines is 2. The van der Waals surface area contributed by atoms with Crippen molar-refractivity contribution in [2.75, 3.05) is 19.1 Å². The van der Waals surface area contributed by atoms with E-state index >= 15 is 0 Å². The van der Waals surface area contributed by atoms with Crippen molar-refractivity contribution in [2.45, 2.75) is 5.78 Å². The first-order valence-corrected chi connectivity index (χ1v) is 10.4. The van der Waals surface area contributed by atoms with Gasteiger partial charge in [0.25, 0.3) is 0 Å². The first-order chi connectivity index (χ1) is 13.1. The van der Waals surface area contributed by atoms with Gasteiger partial charge in [0.2, 0.25) is 0 Å². The summed E-state index contributed by atoms with van der Waals surface area (Å²) >= 11 is 6.07. The largest absolute Gasteiger partial charge is 0.357 e. The van der Waals surface area contributed by atoms with Crippen LogP contribution in [0.25, 0.3) is 0 Å². The monoisotopic (exact) mass is 401 g/mol. The standard InChI is InChI=1S/C21H21ClNO3P/c1-25-27(24,26-2)21(17-13-15-18(22)16-14-17)23(19-9-5-3-6-10-19)20-11-7-4-8-12-20/h3-16,21H,1-2H3. The van der Waals surface area contributed by atoms with Crippen molar-refractivity contribution in [3.8, 4) is 0 Å². The van der Waals surface area contributed by atoms with Crippen LogP contribution in [0, 0.1) is 0 Å². The quantitative estimate of drug-likeness (QED) is 0.415. The van der Waals surface area contributed by atoms with Gasteiger partial charge >= 0.3 is 7.60 Å². The third kappa shape index (κ3) is 4.26. The third-order valence-corrected chi connectivity index (χ3v) is 6.69. The summed E-state index contributed by atoms with van der Waals surface area (Å²) in [7, 11) is -0.724. The molecule has 0 heterocycles. The number of hydrogen-bond donors (Lipinski definition) is 0. The zero-order chi connectivity index (χ0) is 19.3. The highest BCUT2D eigenvalue weighted by molar-refractivity contribution is 7.54. The Morgan fingerprint density at radius 1 is 0.778 bits per heavy atom. The molecule has 3 aromatic rings. The smallest absolute Gasteiger partial charge is 0.323 e. The molecule has 6 heteroatoms. The van der Waals surface area contributed by atoms with E-state index < -0.39 is 13.4 Å². The fourth-order valence-corrected chi connectivity index (χ4v) is 4.75. The normalized spacial score (nSPS) is 12.6. The van der Waals surface area contributed by atoms with Crippen molar-refractivity contribution in [3.63, 3.8) is 0 Å². The Morgan fingerprint density at radius 2 is 1.22 bits per heavy atom. The first kappa shape index (κ1) is 19.7. The van der Waals surface area contributed by atoms with Crippen LogP contribution in [0.15, 0.2) is 84.9 Å². The topological polar surface area (TPSA) is 38.8 Å². The Balaban J connectivity index is 2.25. The minimum atomic E-state index is -3.53. The molecule has 0 aromatic heterocycles. The van der Waals surface area contributed by atoms with E-state index in [4.69, 9.17) is 20.6 Å². The lowest BCUT2D eigenvalue weighted by Gasteiger charge is -2.36. The molecule has 3 rings (SSSR count). The lowest BCUT2D eigenvalue weighted by Crippen LogP contribution is -2.25. The minimum absolute atomic E-state index is 0.605. The van der Waals surface area contributed by atoms with Gasteiger partial charge in [0, 0.05) is 30.6 Å². The van der Waals surface area contributed by atoms with Gasteiger partial charge in [-0.15, -0.1) is 0 Å². The minimum Gasteiger partial charge on any atom is -0.323 e. The number of hydrogen-bond acceptors (Lipinski definition) is 4. The molecule has 0 amide bonds. The zero-order valence-electron chi connectivity index (χ0n) is 15.2. The van der Waals surface area contributed by atoms with Crippen LogP contribution in [0.1, 0.15) is 11.3 Å². The van der Waals surface area contributed by atoms with E-state index in [1.807, 2.05) is 77.7 Å². The average molecular weight is 402 g/mol. The van der Waals surface area contributed by atoms with Gasteiger partial charge in [-0.1, -0.05) is 60.1 Å². The lowest BCUT2D eigenvalue weighted by molar-refractivity contribution is 0.266. The number of halogens is 1. The molecule has 3 aromatic carbocycles. The number of rotatable bonds is 7. The maximum absolute atomic E-state index is 13.6. The molecule has 0 bridgehead atoms. The van der Waals surface area contributed by atoms with Gasteiger partial charge in [0.05, 0.1) is 0 Å². The summed E-state index contributed by atoms with van der Waals surface area (Å²) in [6, 6.07) is 26.7. The Bertz CT molecular complexity index is 856. The van der Waals surface area contributed by atoms with Crippen molar-refractivity contribution in [2.24, 2.45) is 0 Å². The van der Waals surface area contributed by atoms with E-state index in [-0.39, 0.29) is 0 Å². The molecule has 0 aliphatic carbocycles. The second-order valence-corrected chi connectivity index (χ2v) is 8.61. The molecule has 0 aliphatic heterocycles. The van der Waals surface area contributed by atoms with Crippen LogP contribution in [0.4, 0.5) is 11.4 Å². The SMILES string of the molecule is COP(=O)(OC)C(c1ccc(Cl)cc1)N(c1ccccc1)c1ccccc1. The molecule has 0 fully saturated rings. The molecule has 1 unspecified atom stereocenters. The molecule has 0 saturated carbocycles. The molecular formula is C21H21ClNO3P. The van der Waals surface area contributed by atoms with Gasteiger partial charge in [-0.2, -0.15) is 0 Å². The van der Waals surface area contributed by atoms with Crippen LogP contribution in [-0.2, 0) is 13.6 Å². The summed E-state index contributed by atoms with van der Waals surface area (Å²) in [4.78, 5) is 1.97. The van der Waals surface area contributed by atoms with Gasteiger partial charge in [0.1, 0.15) is 0 Å². The second kappa shape index (κ2) is 8.73. The fraction of sp³-hybridized carbons (Fsp3) is 0.143. The molecule has 0 saturated heterocycles. The molecule has 0 aliphatic rings.